The fraction of sp³-hybridized carbons (Fsp3) is 0.690. The average Bonchev–Trinajstić information content (AvgIpc) is 3.15. The van der Waals surface area contributed by atoms with Gasteiger partial charge in [-0.25, -0.2) is 9.59 Å². The van der Waals surface area contributed by atoms with Gasteiger partial charge in [-0.05, 0) is 93.0 Å². The zero-order chi connectivity index (χ0) is 37.5. The van der Waals surface area contributed by atoms with Crippen LogP contribution in [0.3, 0.4) is 0 Å². The van der Waals surface area contributed by atoms with Crippen LogP contribution in [-0.4, -0.2) is 74.6 Å². The second-order valence-electron chi connectivity index (χ2n) is 15.6. The van der Waals surface area contributed by atoms with E-state index < -0.39 is 24.1 Å². The van der Waals surface area contributed by atoms with E-state index in [0.717, 1.165) is 61.3 Å². The van der Waals surface area contributed by atoms with E-state index in [0.29, 0.717) is 63.8 Å². The van der Waals surface area contributed by atoms with Crippen molar-refractivity contribution in [2.24, 2.45) is 11.8 Å². The van der Waals surface area contributed by atoms with Crippen molar-refractivity contribution >= 4 is 28.9 Å². The molecule has 5 atom stereocenters. The highest BCUT2D eigenvalue weighted by Crippen LogP contribution is 2.41. The Kier molecular flexibility index (Phi) is 16.1. The summed E-state index contributed by atoms with van der Waals surface area (Å²) in [5.41, 5.74) is 1.02. The van der Waals surface area contributed by atoms with E-state index in [1.165, 1.54) is 19.3 Å². The first-order valence-corrected chi connectivity index (χ1v) is 20.3. The van der Waals surface area contributed by atoms with Gasteiger partial charge in [-0.1, -0.05) is 75.6 Å². The first-order chi connectivity index (χ1) is 25.7. The van der Waals surface area contributed by atoms with Crippen molar-refractivity contribution in [2.45, 2.75) is 147 Å². The number of alkyl carbamates (subject to hydrolysis) is 2. The molecule has 294 valence electrons. The summed E-state index contributed by atoms with van der Waals surface area (Å²) in [7, 11) is 0. The van der Waals surface area contributed by atoms with Crippen LogP contribution in [0.15, 0.2) is 42.5 Å². The van der Waals surface area contributed by atoms with Crippen molar-refractivity contribution in [3.05, 3.63) is 48.0 Å². The Bertz CT molecular complexity index is 1440. The molecule has 3 fully saturated rings. The standard InChI is InChI=1S/C42H63N3O8/c1-4-49-39(46)38(22-21-30(2)3)43-24-12-19-34-25-36(51-41(48)45-28-33-17-10-16-32-15-8-9-20-37(32)33)26-42(52-34)23-11-18-35(53-42)29-50-40(47)44-27-31-13-6-5-7-14-31/h8-10,15-17,20,30-31,34-36,38,43H,4-7,11-14,18-19,21-29H2,1-3H3,(H,44,47)(H,45,48)/t34-,35-,36-,38+,42+/m1/s1. The number of fused-ring (bicyclic) bond motifs is 1. The molecule has 2 aromatic rings. The molecule has 2 heterocycles. The highest BCUT2D eigenvalue weighted by molar-refractivity contribution is 5.86. The van der Waals surface area contributed by atoms with E-state index in [-0.39, 0.29) is 30.8 Å². The van der Waals surface area contributed by atoms with Crippen molar-refractivity contribution in [3.8, 4) is 0 Å². The number of hydrogen-bond acceptors (Lipinski definition) is 9. The van der Waals surface area contributed by atoms with Crippen molar-refractivity contribution in [1.82, 2.24) is 16.0 Å². The van der Waals surface area contributed by atoms with Gasteiger partial charge in [0, 0.05) is 32.4 Å². The number of benzene rings is 2. The third-order valence-electron chi connectivity index (χ3n) is 10.8. The molecule has 5 rings (SSSR count). The minimum Gasteiger partial charge on any atom is -0.465 e. The lowest BCUT2D eigenvalue weighted by atomic mass is 9.89. The second-order valence-corrected chi connectivity index (χ2v) is 15.6. The molecular weight excluding hydrogens is 674 g/mol. The molecule has 2 aromatic carbocycles. The Labute approximate surface area is 315 Å². The third-order valence-corrected chi connectivity index (χ3v) is 10.8. The molecule has 3 aliphatic rings. The Morgan fingerprint density at radius 1 is 0.887 bits per heavy atom. The maximum atomic E-state index is 13.2. The fourth-order valence-electron chi connectivity index (χ4n) is 8.06. The maximum absolute atomic E-state index is 13.2. The number of hydrogen-bond donors (Lipinski definition) is 3. The van der Waals surface area contributed by atoms with Crippen molar-refractivity contribution in [3.63, 3.8) is 0 Å². The van der Waals surface area contributed by atoms with E-state index in [2.05, 4.69) is 48.0 Å². The lowest BCUT2D eigenvalue weighted by molar-refractivity contribution is -0.329. The smallest absolute Gasteiger partial charge is 0.407 e. The zero-order valence-electron chi connectivity index (χ0n) is 32.2. The number of ether oxygens (including phenoxy) is 5. The Balaban J connectivity index is 1.17. The molecule has 2 aliphatic heterocycles. The fourth-order valence-corrected chi connectivity index (χ4v) is 8.06. The molecule has 53 heavy (non-hydrogen) atoms. The van der Waals surface area contributed by atoms with Crippen LogP contribution in [0.1, 0.15) is 116 Å². The summed E-state index contributed by atoms with van der Waals surface area (Å²) >= 11 is 0. The van der Waals surface area contributed by atoms with Crippen LogP contribution in [-0.2, 0) is 35.0 Å². The van der Waals surface area contributed by atoms with Gasteiger partial charge >= 0.3 is 18.2 Å². The third kappa shape index (κ3) is 13.1. The minimum atomic E-state index is -0.952. The molecule has 11 nitrogen and oxygen atoms in total. The number of rotatable bonds is 17. The first-order valence-electron chi connectivity index (χ1n) is 20.3. The minimum absolute atomic E-state index is 0.138. The molecule has 3 N–H and O–H groups in total. The predicted octanol–water partition coefficient (Wildman–Crippen LogP) is 7.92. The summed E-state index contributed by atoms with van der Waals surface area (Å²) in [5, 5.41) is 11.5. The Morgan fingerprint density at radius 3 is 2.49 bits per heavy atom. The van der Waals surface area contributed by atoms with Crippen LogP contribution in [0.5, 0.6) is 0 Å². The molecule has 0 aromatic heterocycles. The molecule has 0 unspecified atom stereocenters. The van der Waals surface area contributed by atoms with Crippen LogP contribution in [0.4, 0.5) is 9.59 Å². The number of carbonyl (C=O) groups is 3. The van der Waals surface area contributed by atoms with E-state index in [1.54, 1.807) is 0 Å². The highest BCUT2D eigenvalue weighted by atomic mass is 16.7. The van der Waals surface area contributed by atoms with Crippen molar-refractivity contribution in [1.29, 1.82) is 0 Å². The summed E-state index contributed by atoms with van der Waals surface area (Å²) in [6.45, 7) is 8.24. The van der Waals surface area contributed by atoms with Gasteiger partial charge in [-0.3, -0.25) is 4.79 Å². The first kappa shape index (κ1) is 40.8. The summed E-state index contributed by atoms with van der Waals surface area (Å²) in [4.78, 5) is 38.5. The number of carbonyl (C=O) groups excluding carboxylic acids is 3. The molecular formula is C42H63N3O8. The summed E-state index contributed by atoms with van der Waals surface area (Å²) in [6.07, 6.45) is 10.4. The van der Waals surface area contributed by atoms with E-state index in [1.807, 2.05) is 31.2 Å². The Hall–Kier alpha value is -3.41. The lowest BCUT2D eigenvalue weighted by Crippen LogP contribution is -2.53. The summed E-state index contributed by atoms with van der Waals surface area (Å²) < 4.78 is 30.4. The molecule has 0 bridgehead atoms. The van der Waals surface area contributed by atoms with Gasteiger partial charge in [0.25, 0.3) is 0 Å². The van der Waals surface area contributed by atoms with Crippen LogP contribution < -0.4 is 16.0 Å². The van der Waals surface area contributed by atoms with Crippen LogP contribution >= 0.6 is 0 Å². The molecule has 2 amide bonds. The van der Waals surface area contributed by atoms with Gasteiger partial charge < -0.3 is 39.6 Å². The summed E-state index contributed by atoms with van der Waals surface area (Å²) in [6, 6.07) is 13.8. The number of esters is 1. The van der Waals surface area contributed by atoms with Gasteiger partial charge in [0.05, 0.1) is 18.8 Å². The number of nitrogens with one attached hydrogen (secondary N) is 3. The average molecular weight is 738 g/mol. The van der Waals surface area contributed by atoms with E-state index >= 15 is 0 Å². The van der Waals surface area contributed by atoms with Gasteiger partial charge in [-0.15, -0.1) is 0 Å². The molecule has 2 saturated heterocycles. The predicted molar refractivity (Wildman–Crippen MR) is 204 cm³/mol. The topological polar surface area (TPSA) is 133 Å². The van der Waals surface area contributed by atoms with Crippen LogP contribution in [0.25, 0.3) is 10.8 Å². The van der Waals surface area contributed by atoms with Gasteiger partial charge in [0.1, 0.15) is 18.8 Å². The number of amides is 2. The van der Waals surface area contributed by atoms with E-state index in [9.17, 15) is 14.4 Å². The quantitative estimate of drug-likeness (QED) is 0.0841. The summed E-state index contributed by atoms with van der Waals surface area (Å²) in [5.74, 6) is -0.157. The largest absolute Gasteiger partial charge is 0.465 e. The second kappa shape index (κ2) is 20.9. The van der Waals surface area contributed by atoms with Gasteiger partial charge in [0.15, 0.2) is 5.79 Å². The molecule has 1 saturated carbocycles. The SMILES string of the molecule is CCOC(=O)[C@H](CCC(C)C)NCCC[C@@H]1C[C@@H](OC(=O)NCc2cccc3ccccc23)C[C@@]2(CCC[C@H](COC(=O)NCC3CCCCC3)O2)O1. The molecule has 0 radical (unpaired) electrons. The lowest BCUT2D eigenvalue weighted by Gasteiger charge is -2.47. The highest BCUT2D eigenvalue weighted by Gasteiger charge is 2.47. The van der Waals surface area contributed by atoms with Crippen molar-refractivity contribution in [2.75, 3.05) is 26.3 Å². The van der Waals surface area contributed by atoms with E-state index in [4.69, 9.17) is 23.7 Å². The van der Waals surface area contributed by atoms with Crippen LogP contribution in [0.2, 0.25) is 0 Å². The van der Waals surface area contributed by atoms with Gasteiger partial charge in [0.2, 0.25) is 0 Å². The molecule has 11 heteroatoms. The van der Waals surface area contributed by atoms with Gasteiger partial charge in [-0.2, -0.15) is 0 Å². The zero-order valence-corrected chi connectivity index (χ0v) is 32.2. The molecule has 1 spiro atoms. The Morgan fingerprint density at radius 2 is 1.68 bits per heavy atom. The monoisotopic (exact) mass is 737 g/mol. The molecule has 1 aliphatic carbocycles. The maximum Gasteiger partial charge on any atom is 0.407 e. The normalized spacial score (nSPS) is 24.1. The van der Waals surface area contributed by atoms with Crippen LogP contribution in [0, 0.1) is 11.8 Å². The van der Waals surface area contributed by atoms with Crippen molar-refractivity contribution < 1.29 is 38.1 Å².